The average molecular weight is 202 g/mol. The number of hydrogen-bond donors (Lipinski definition) is 0. The van der Waals surface area contributed by atoms with Gasteiger partial charge < -0.3 is 0 Å². The second-order valence-corrected chi connectivity index (χ2v) is 5.89. The van der Waals surface area contributed by atoms with Gasteiger partial charge in [-0.3, -0.25) is 0 Å². The van der Waals surface area contributed by atoms with E-state index in [0.29, 0.717) is 0 Å². The van der Waals surface area contributed by atoms with Gasteiger partial charge >= 0.3 is 0 Å². The van der Waals surface area contributed by atoms with E-state index in [0.717, 1.165) is 0 Å². The molecule has 82 valence electrons. The largest absolute Gasteiger partial charge is 0.0561 e. The Bertz CT molecular complexity index is 366. The van der Waals surface area contributed by atoms with Crippen LogP contribution in [0.4, 0.5) is 0 Å². The molecule has 0 unspecified atom stereocenters. The highest BCUT2D eigenvalue weighted by molar-refractivity contribution is 5.42. The second-order valence-electron chi connectivity index (χ2n) is 5.89. The standard InChI is InChI=1S/C15H22/c1-11-9-13(15(2,3)4)10-12-7-5-6-8-14(11)12/h9-10H,5-8H2,1-4H3. The Hall–Kier alpha value is -0.780. The molecule has 0 atom stereocenters. The lowest BCUT2D eigenvalue weighted by atomic mass is 9.80. The summed E-state index contributed by atoms with van der Waals surface area (Å²) in [5.74, 6) is 0. The van der Waals surface area contributed by atoms with E-state index in [4.69, 9.17) is 0 Å². The zero-order valence-electron chi connectivity index (χ0n) is 10.5. The van der Waals surface area contributed by atoms with Crippen LogP contribution in [0.2, 0.25) is 0 Å². The van der Waals surface area contributed by atoms with E-state index in [1.54, 1.807) is 11.1 Å². The molecule has 0 nitrogen and oxygen atoms in total. The zero-order valence-corrected chi connectivity index (χ0v) is 10.5. The van der Waals surface area contributed by atoms with Crippen LogP contribution in [0.25, 0.3) is 0 Å². The molecule has 0 saturated heterocycles. The first kappa shape index (κ1) is 10.7. The minimum absolute atomic E-state index is 0.289. The first-order valence-electron chi connectivity index (χ1n) is 6.11. The Morgan fingerprint density at radius 2 is 1.67 bits per heavy atom. The van der Waals surface area contributed by atoms with Crippen LogP contribution in [-0.4, -0.2) is 0 Å². The maximum atomic E-state index is 2.45. The SMILES string of the molecule is Cc1cc(C(C)(C)C)cc2c1CCCC2. The molecule has 0 spiro atoms. The van der Waals surface area contributed by atoms with Crippen LogP contribution in [0.15, 0.2) is 12.1 Å². The Morgan fingerprint density at radius 1 is 1.00 bits per heavy atom. The average Bonchev–Trinajstić information content (AvgIpc) is 2.16. The van der Waals surface area contributed by atoms with Crippen molar-refractivity contribution in [3.63, 3.8) is 0 Å². The monoisotopic (exact) mass is 202 g/mol. The summed E-state index contributed by atoms with van der Waals surface area (Å²) in [6.45, 7) is 9.18. The van der Waals surface area contributed by atoms with Crippen LogP contribution in [0, 0.1) is 6.92 Å². The maximum absolute atomic E-state index is 2.45. The van der Waals surface area contributed by atoms with Crippen molar-refractivity contribution in [2.45, 2.75) is 58.8 Å². The summed E-state index contributed by atoms with van der Waals surface area (Å²) in [5.41, 5.74) is 6.55. The van der Waals surface area contributed by atoms with E-state index >= 15 is 0 Å². The fraction of sp³-hybridized carbons (Fsp3) is 0.600. The number of benzene rings is 1. The first-order chi connectivity index (χ1) is 6.98. The molecule has 1 aromatic carbocycles. The summed E-state index contributed by atoms with van der Waals surface area (Å²) in [5, 5.41) is 0. The summed E-state index contributed by atoms with van der Waals surface area (Å²) < 4.78 is 0. The molecule has 0 heteroatoms. The Labute approximate surface area is 93.7 Å². The van der Waals surface area contributed by atoms with Crippen molar-refractivity contribution in [1.29, 1.82) is 0 Å². The van der Waals surface area contributed by atoms with Crippen molar-refractivity contribution in [1.82, 2.24) is 0 Å². The van der Waals surface area contributed by atoms with Gasteiger partial charge in [-0.1, -0.05) is 32.9 Å². The van der Waals surface area contributed by atoms with Gasteiger partial charge in [0, 0.05) is 0 Å². The molecule has 0 bridgehead atoms. The number of hydrogen-bond acceptors (Lipinski definition) is 0. The molecule has 15 heavy (non-hydrogen) atoms. The van der Waals surface area contributed by atoms with Crippen molar-refractivity contribution in [3.8, 4) is 0 Å². The van der Waals surface area contributed by atoms with Crippen LogP contribution < -0.4 is 0 Å². The first-order valence-corrected chi connectivity index (χ1v) is 6.11. The lowest BCUT2D eigenvalue weighted by Crippen LogP contribution is -2.14. The molecule has 0 amide bonds. The fourth-order valence-electron chi connectivity index (χ4n) is 2.52. The minimum Gasteiger partial charge on any atom is -0.0561 e. The molecule has 0 aromatic heterocycles. The smallest absolute Gasteiger partial charge is 0.0132 e. The highest BCUT2D eigenvalue weighted by Gasteiger charge is 2.18. The molecule has 1 aliphatic carbocycles. The van der Waals surface area contributed by atoms with Gasteiger partial charge in [0.05, 0.1) is 0 Å². The van der Waals surface area contributed by atoms with E-state index in [1.807, 2.05) is 0 Å². The molecular weight excluding hydrogens is 180 g/mol. The molecule has 0 fully saturated rings. The van der Waals surface area contributed by atoms with Gasteiger partial charge in [-0.25, -0.2) is 0 Å². The number of rotatable bonds is 0. The molecule has 0 saturated carbocycles. The lowest BCUT2D eigenvalue weighted by molar-refractivity contribution is 0.584. The van der Waals surface area contributed by atoms with E-state index in [-0.39, 0.29) is 5.41 Å². The van der Waals surface area contributed by atoms with Gasteiger partial charge in [-0.05, 0) is 60.3 Å². The maximum Gasteiger partial charge on any atom is -0.0132 e. The van der Waals surface area contributed by atoms with Gasteiger partial charge in [-0.2, -0.15) is 0 Å². The third-order valence-electron chi connectivity index (χ3n) is 3.55. The topological polar surface area (TPSA) is 0 Å². The number of fused-ring (bicyclic) bond motifs is 1. The Kier molecular flexibility index (Phi) is 2.62. The molecule has 0 N–H and O–H groups in total. The van der Waals surface area contributed by atoms with E-state index in [2.05, 4.69) is 39.8 Å². The molecular formula is C15H22. The van der Waals surface area contributed by atoms with Gasteiger partial charge in [0.1, 0.15) is 0 Å². The second kappa shape index (κ2) is 3.66. The van der Waals surface area contributed by atoms with Crippen molar-refractivity contribution >= 4 is 0 Å². The Balaban J connectivity index is 2.50. The van der Waals surface area contributed by atoms with Crippen LogP contribution in [0.5, 0.6) is 0 Å². The van der Waals surface area contributed by atoms with Crippen molar-refractivity contribution in [2.24, 2.45) is 0 Å². The quantitative estimate of drug-likeness (QED) is 0.592. The summed E-state index contributed by atoms with van der Waals surface area (Å²) >= 11 is 0. The minimum atomic E-state index is 0.289. The van der Waals surface area contributed by atoms with Gasteiger partial charge in [-0.15, -0.1) is 0 Å². The summed E-state index contributed by atoms with van der Waals surface area (Å²) in [6.07, 6.45) is 5.34. The van der Waals surface area contributed by atoms with Gasteiger partial charge in [0.2, 0.25) is 0 Å². The zero-order chi connectivity index (χ0) is 11.1. The van der Waals surface area contributed by atoms with Crippen LogP contribution in [0.1, 0.15) is 55.9 Å². The molecule has 1 aliphatic rings. The van der Waals surface area contributed by atoms with Crippen LogP contribution in [-0.2, 0) is 18.3 Å². The molecule has 2 rings (SSSR count). The van der Waals surface area contributed by atoms with Crippen molar-refractivity contribution in [3.05, 3.63) is 34.4 Å². The van der Waals surface area contributed by atoms with Gasteiger partial charge in [0.15, 0.2) is 0 Å². The lowest BCUT2D eigenvalue weighted by Gasteiger charge is -2.25. The highest BCUT2D eigenvalue weighted by Crippen LogP contribution is 2.30. The summed E-state index contributed by atoms with van der Waals surface area (Å²) in [6, 6.07) is 4.84. The predicted molar refractivity (Wildman–Crippen MR) is 66.5 cm³/mol. The third kappa shape index (κ3) is 2.09. The van der Waals surface area contributed by atoms with E-state index < -0.39 is 0 Å². The van der Waals surface area contributed by atoms with Crippen molar-refractivity contribution < 1.29 is 0 Å². The normalized spacial score (nSPS) is 16.3. The highest BCUT2D eigenvalue weighted by atomic mass is 14.2. The molecule has 0 aliphatic heterocycles. The summed E-state index contributed by atoms with van der Waals surface area (Å²) in [4.78, 5) is 0. The number of aryl methyl sites for hydroxylation is 2. The molecule has 0 heterocycles. The van der Waals surface area contributed by atoms with Crippen molar-refractivity contribution in [2.75, 3.05) is 0 Å². The fourth-order valence-corrected chi connectivity index (χ4v) is 2.52. The predicted octanol–water partition coefficient (Wildman–Crippen LogP) is 4.17. The van der Waals surface area contributed by atoms with E-state index in [1.165, 1.54) is 36.8 Å². The van der Waals surface area contributed by atoms with Crippen LogP contribution >= 0.6 is 0 Å². The third-order valence-corrected chi connectivity index (χ3v) is 3.55. The van der Waals surface area contributed by atoms with E-state index in [9.17, 15) is 0 Å². The van der Waals surface area contributed by atoms with Crippen LogP contribution in [0.3, 0.4) is 0 Å². The molecule has 0 radical (unpaired) electrons. The van der Waals surface area contributed by atoms with Gasteiger partial charge in [0.25, 0.3) is 0 Å². The molecule has 1 aromatic rings. The Morgan fingerprint density at radius 3 is 2.33 bits per heavy atom. The summed E-state index contributed by atoms with van der Waals surface area (Å²) in [7, 11) is 0.